The maximum Gasteiger partial charge on any atom is 0.143 e. The van der Waals surface area contributed by atoms with Gasteiger partial charge in [-0.25, -0.2) is 9.97 Å². The number of aliphatic hydroxyl groups is 1. The van der Waals surface area contributed by atoms with Gasteiger partial charge in [0, 0.05) is 33.0 Å². The van der Waals surface area contributed by atoms with Crippen LogP contribution in [0.4, 0.5) is 0 Å². The normalized spacial score (nSPS) is 14.8. The molecule has 2 unspecified atom stereocenters. The fraction of sp³-hybridized carbons (Fsp3) is 0.0312. The van der Waals surface area contributed by atoms with Crippen molar-refractivity contribution in [3.05, 3.63) is 300 Å². The van der Waals surface area contributed by atoms with E-state index in [1.54, 1.807) is 0 Å². The Bertz CT molecular complexity index is 3770. The monoisotopic (exact) mass is 856 g/mol. The van der Waals surface area contributed by atoms with Crippen molar-refractivity contribution >= 4 is 43.4 Å². The molecule has 2 atom stereocenters. The van der Waals surface area contributed by atoms with Crippen LogP contribution in [0, 0.1) is 0 Å². The van der Waals surface area contributed by atoms with Crippen LogP contribution in [0.15, 0.2) is 261 Å². The van der Waals surface area contributed by atoms with Gasteiger partial charge < -0.3 is 5.11 Å². The first-order valence-corrected chi connectivity index (χ1v) is 22.9. The summed E-state index contributed by atoms with van der Waals surface area (Å²) in [6.07, 6.45) is 0. The molecule has 3 heteroatoms. The molecular weight excluding hydrogens is 813 g/mol. The Labute approximate surface area is 390 Å². The lowest BCUT2D eigenvalue weighted by Gasteiger charge is -2.34. The van der Waals surface area contributed by atoms with Gasteiger partial charge in [-0.15, -0.1) is 0 Å². The van der Waals surface area contributed by atoms with Crippen molar-refractivity contribution in [3.8, 4) is 22.5 Å². The molecular formula is C64H44N2O. The fourth-order valence-electron chi connectivity index (χ4n) is 10.7. The summed E-state index contributed by atoms with van der Waals surface area (Å²) in [5.41, 5.74) is 11.7. The molecule has 1 aliphatic rings. The van der Waals surface area contributed by atoms with E-state index in [2.05, 4.69) is 170 Å². The lowest BCUT2D eigenvalue weighted by Crippen LogP contribution is -2.30. The number of benzene rings is 10. The Morgan fingerprint density at radius 2 is 0.836 bits per heavy atom. The Morgan fingerprint density at radius 3 is 1.55 bits per heavy atom. The van der Waals surface area contributed by atoms with Crippen molar-refractivity contribution in [1.29, 1.82) is 0 Å². The van der Waals surface area contributed by atoms with Gasteiger partial charge in [0.2, 0.25) is 0 Å². The van der Waals surface area contributed by atoms with Crippen molar-refractivity contribution in [2.45, 2.75) is 11.0 Å². The molecule has 12 aromatic rings. The smallest absolute Gasteiger partial charge is 0.143 e. The minimum Gasteiger partial charge on any atom is -0.376 e. The van der Waals surface area contributed by atoms with Crippen molar-refractivity contribution in [2.75, 3.05) is 0 Å². The molecule has 1 aliphatic carbocycles. The number of para-hydroxylation sites is 2. The molecule has 3 nitrogen and oxygen atoms in total. The van der Waals surface area contributed by atoms with Crippen LogP contribution in [0.2, 0.25) is 0 Å². The second-order valence-electron chi connectivity index (χ2n) is 17.3. The summed E-state index contributed by atoms with van der Waals surface area (Å²) in [5.74, 6) is 0. The summed E-state index contributed by atoms with van der Waals surface area (Å²) in [6, 6.07) is 90.5. The molecule has 0 fully saturated rings. The zero-order valence-electron chi connectivity index (χ0n) is 36.7. The second kappa shape index (κ2) is 16.5. The Hall–Kier alpha value is -8.50. The molecule has 2 heterocycles. The van der Waals surface area contributed by atoms with Crippen LogP contribution in [-0.2, 0) is 11.0 Å². The van der Waals surface area contributed by atoms with Crippen LogP contribution in [0.25, 0.3) is 65.9 Å². The van der Waals surface area contributed by atoms with Gasteiger partial charge in [-0.2, -0.15) is 0 Å². The van der Waals surface area contributed by atoms with Crippen molar-refractivity contribution in [2.24, 2.45) is 0 Å². The quantitative estimate of drug-likeness (QED) is 0.181. The number of pyridine rings is 2. The minimum atomic E-state index is -1.41. The van der Waals surface area contributed by atoms with Gasteiger partial charge >= 0.3 is 0 Å². The van der Waals surface area contributed by atoms with Crippen LogP contribution in [-0.4, -0.2) is 15.1 Å². The molecule has 0 bridgehead atoms. The van der Waals surface area contributed by atoms with E-state index in [1.807, 2.05) is 91.0 Å². The first kappa shape index (κ1) is 40.0. The molecule has 2 aromatic heterocycles. The highest BCUT2D eigenvalue weighted by Crippen LogP contribution is 2.57. The number of nitrogens with zero attached hydrogens (tertiary/aromatic N) is 2. The van der Waals surface area contributed by atoms with Crippen molar-refractivity contribution in [1.82, 2.24) is 9.97 Å². The Balaban J connectivity index is 0.000000140. The van der Waals surface area contributed by atoms with Crippen LogP contribution in [0.1, 0.15) is 38.9 Å². The Morgan fingerprint density at radius 1 is 0.343 bits per heavy atom. The maximum atomic E-state index is 12.9. The number of hydrogen-bond acceptors (Lipinski definition) is 3. The predicted octanol–water partition coefficient (Wildman–Crippen LogP) is 15.1. The van der Waals surface area contributed by atoms with Crippen LogP contribution >= 0.6 is 0 Å². The summed E-state index contributed by atoms with van der Waals surface area (Å²) in [6.45, 7) is 0. The zero-order valence-corrected chi connectivity index (χ0v) is 36.7. The standard InChI is InChI=1S/C32H23NO.C32H21N/c34-32(26-17-5-2-6-18-26,28-20-11-16-23-12-7-9-19-27(23)28)29-22-25-15-8-10-21-30(25)33-31(29)24-13-3-1-4-14-24;1-2-14-24(15-3-1)32(27-19-10-13-22-11-4-6-16-25(22)27)28-18-8-7-17-26(28)31-29(32)21-23-12-5-9-20-30(23)33-31/h1-22,34H;1-21H. The van der Waals surface area contributed by atoms with E-state index in [4.69, 9.17) is 9.97 Å². The zero-order chi connectivity index (χ0) is 44.8. The molecule has 67 heavy (non-hydrogen) atoms. The van der Waals surface area contributed by atoms with E-state index in [0.29, 0.717) is 0 Å². The number of rotatable bonds is 6. The van der Waals surface area contributed by atoms with Gasteiger partial charge in [0.1, 0.15) is 5.60 Å². The minimum absolute atomic E-state index is 0.439. The number of fused-ring (bicyclic) bond motifs is 7. The molecule has 0 amide bonds. The molecule has 0 saturated carbocycles. The van der Waals surface area contributed by atoms with Crippen molar-refractivity contribution < 1.29 is 5.11 Å². The summed E-state index contributed by atoms with van der Waals surface area (Å²) in [7, 11) is 0. The van der Waals surface area contributed by atoms with Gasteiger partial charge in [-0.1, -0.05) is 237 Å². The van der Waals surface area contributed by atoms with E-state index in [1.165, 1.54) is 44.0 Å². The third-order valence-corrected chi connectivity index (χ3v) is 13.6. The highest BCUT2D eigenvalue weighted by Gasteiger charge is 2.48. The average Bonchev–Trinajstić information content (AvgIpc) is 3.69. The largest absolute Gasteiger partial charge is 0.376 e. The molecule has 0 saturated heterocycles. The SMILES string of the molecule is OC(c1ccccc1)(c1cc2ccccc2nc1-c1ccccc1)c1cccc2ccccc12.c1ccc(C2(c3cccc4ccccc34)c3ccccc3-c3nc4ccccc4cc32)cc1. The molecule has 10 aromatic carbocycles. The van der Waals surface area contributed by atoms with E-state index in [0.717, 1.165) is 60.8 Å². The molecule has 0 spiro atoms. The van der Waals surface area contributed by atoms with Gasteiger partial charge in [0.15, 0.2) is 0 Å². The van der Waals surface area contributed by atoms with E-state index >= 15 is 0 Å². The summed E-state index contributed by atoms with van der Waals surface area (Å²) in [5, 5.41) is 19.7. The van der Waals surface area contributed by atoms with Crippen LogP contribution < -0.4 is 0 Å². The van der Waals surface area contributed by atoms with Crippen LogP contribution in [0.5, 0.6) is 0 Å². The van der Waals surface area contributed by atoms with E-state index < -0.39 is 11.0 Å². The molecule has 316 valence electrons. The predicted molar refractivity (Wildman–Crippen MR) is 276 cm³/mol. The first-order chi connectivity index (χ1) is 33.1. The summed E-state index contributed by atoms with van der Waals surface area (Å²) in [4.78, 5) is 10.3. The van der Waals surface area contributed by atoms with Gasteiger partial charge in [-0.3, -0.25) is 0 Å². The second-order valence-corrected chi connectivity index (χ2v) is 17.3. The third-order valence-electron chi connectivity index (χ3n) is 13.6. The third kappa shape index (κ3) is 6.55. The lowest BCUT2D eigenvalue weighted by atomic mass is 9.66. The van der Waals surface area contributed by atoms with Gasteiger partial charge in [0.25, 0.3) is 0 Å². The highest BCUT2D eigenvalue weighted by atomic mass is 16.3. The van der Waals surface area contributed by atoms with Crippen LogP contribution in [0.3, 0.4) is 0 Å². The maximum absolute atomic E-state index is 12.9. The molecule has 0 radical (unpaired) electrons. The van der Waals surface area contributed by atoms with E-state index in [9.17, 15) is 5.11 Å². The van der Waals surface area contributed by atoms with Crippen molar-refractivity contribution in [3.63, 3.8) is 0 Å². The molecule has 0 aliphatic heterocycles. The highest BCUT2D eigenvalue weighted by molar-refractivity contribution is 5.96. The lowest BCUT2D eigenvalue weighted by molar-refractivity contribution is 0.128. The summed E-state index contributed by atoms with van der Waals surface area (Å²) < 4.78 is 0. The molecule has 1 N–H and O–H groups in total. The van der Waals surface area contributed by atoms with Gasteiger partial charge in [0.05, 0.1) is 27.8 Å². The summed E-state index contributed by atoms with van der Waals surface area (Å²) >= 11 is 0. The molecule has 13 rings (SSSR count). The average molecular weight is 857 g/mol. The van der Waals surface area contributed by atoms with Gasteiger partial charge in [-0.05, 0) is 73.6 Å². The Kier molecular flexibility index (Phi) is 9.86. The van der Waals surface area contributed by atoms with E-state index in [-0.39, 0.29) is 0 Å². The number of hydrogen-bond donors (Lipinski definition) is 1. The number of aromatic nitrogens is 2. The first-order valence-electron chi connectivity index (χ1n) is 22.9. The fourth-order valence-corrected chi connectivity index (χ4v) is 10.7. The topological polar surface area (TPSA) is 46.0 Å².